The van der Waals surface area contributed by atoms with Gasteiger partial charge in [0.15, 0.2) is 0 Å². The third kappa shape index (κ3) is 9.14. The second kappa shape index (κ2) is 15.5. The first kappa shape index (κ1) is 31.2. The molecule has 2 aromatic carbocycles. The molecule has 2 N–H and O–H groups in total. The zero-order chi connectivity index (χ0) is 29.9. The van der Waals surface area contributed by atoms with Gasteiger partial charge >= 0.3 is 0 Å². The van der Waals surface area contributed by atoms with Gasteiger partial charge in [-0.15, -0.1) is 0 Å². The van der Waals surface area contributed by atoms with Crippen molar-refractivity contribution in [3.63, 3.8) is 0 Å². The molecular weight excluding hydrogens is 529 g/mol. The van der Waals surface area contributed by atoms with Crippen LogP contribution in [0.15, 0.2) is 84.2 Å². The van der Waals surface area contributed by atoms with Crippen LogP contribution in [-0.4, -0.2) is 54.3 Å². The Morgan fingerprint density at radius 1 is 1.12 bits per heavy atom. The molecule has 1 amide bonds. The van der Waals surface area contributed by atoms with Crippen molar-refractivity contribution in [1.29, 1.82) is 5.26 Å². The van der Waals surface area contributed by atoms with E-state index in [0.717, 1.165) is 42.6 Å². The van der Waals surface area contributed by atoms with Crippen molar-refractivity contribution >= 4 is 5.91 Å². The number of aliphatic hydroxyl groups is 1. The Morgan fingerprint density at radius 2 is 1.88 bits per heavy atom. The number of amides is 1. The largest absolute Gasteiger partial charge is 0.487 e. The first-order valence-electron chi connectivity index (χ1n) is 15.0. The lowest BCUT2D eigenvalue weighted by atomic mass is 9.89. The number of benzene rings is 2. The zero-order valence-electron chi connectivity index (χ0n) is 24.6. The Bertz CT molecular complexity index is 1320. The molecular formula is C35H42FN3O3. The summed E-state index contributed by atoms with van der Waals surface area (Å²) in [6.07, 6.45) is 11.9. The molecule has 222 valence electrons. The minimum atomic E-state index is -0.621. The number of hydrogen-bond donors (Lipinski definition) is 2. The smallest absolute Gasteiger partial charge is 0.219 e. The number of likely N-dealkylation sites (tertiary alicyclic amines) is 1. The molecule has 0 aromatic heterocycles. The molecule has 1 fully saturated rings. The van der Waals surface area contributed by atoms with Crippen LogP contribution in [0.3, 0.4) is 0 Å². The van der Waals surface area contributed by atoms with E-state index in [0.29, 0.717) is 38.2 Å². The maximum atomic E-state index is 14.1. The third-order valence-corrected chi connectivity index (χ3v) is 8.11. The van der Waals surface area contributed by atoms with E-state index >= 15 is 0 Å². The van der Waals surface area contributed by atoms with Gasteiger partial charge in [-0.2, -0.15) is 5.26 Å². The van der Waals surface area contributed by atoms with E-state index < -0.39 is 6.10 Å². The summed E-state index contributed by atoms with van der Waals surface area (Å²) in [4.78, 5) is 13.2. The molecule has 0 bridgehead atoms. The number of ether oxygens (including phenoxy) is 1. The number of nitriles is 1. The van der Waals surface area contributed by atoms with Crippen LogP contribution in [0.25, 0.3) is 0 Å². The van der Waals surface area contributed by atoms with Crippen molar-refractivity contribution in [3.8, 4) is 6.07 Å². The van der Waals surface area contributed by atoms with Crippen molar-refractivity contribution in [1.82, 2.24) is 10.2 Å². The number of nitrogens with one attached hydrogen (secondary N) is 1. The fraction of sp³-hybridized carbons (Fsp3) is 0.429. The SMILES string of the molecule is CC(=O)N1CC(OC2=C/CC/C=C(CCCC(O)[C@@H](CNCC(C)c3ccc(C#N)cc3)c3cccc(F)c3)/C=C\2)C1. The summed E-state index contributed by atoms with van der Waals surface area (Å²) in [6.45, 7) is 6.20. The zero-order valence-corrected chi connectivity index (χ0v) is 24.6. The fourth-order valence-corrected chi connectivity index (χ4v) is 5.44. The van der Waals surface area contributed by atoms with Crippen molar-refractivity contribution < 1.29 is 19.0 Å². The molecule has 0 radical (unpaired) electrons. The average Bonchev–Trinajstić information content (AvgIpc) is 2.94. The summed E-state index contributed by atoms with van der Waals surface area (Å²) >= 11 is 0. The van der Waals surface area contributed by atoms with Gasteiger partial charge in [0.2, 0.25) is 5.91 Å². The van der Waals surface area contributed by atoms with E-state index in [1.807, 2.05) is 36.4 Å². The monoisotopic (exact) mass is 571 g/mol. The van der Waals surface area contributed by atoms with E-state index in [2.05, 4.69) is 36.5 Å². The van der Waals surface area contributed by atoms with Crippen LogP contribution in [-0.2, 0) is 9.53 Å². The summed E-state index contributed by atoms with van der Waals surface area (Å²) in [7, 11) is 0. The Balaban J connectivity index is 1.28. The Hall–Kier alpha value is -3.73. The van der Waals surface area contributed by atoms with Crippen LogP contribution >= 0.6 is 0 Å². The second-order valence-electron chi connectivity index (χ2n) is 11.4. The molecule has 1 aliphatic carbocycles. The minimum absolute atomic E-state index is 0.0484. The fourth-order valence-electron chi connectivity index (χ4n) is 5.44. The van der Waals surface area contributed by atoms with Crippen molar-refractivity contribution in [2.45, 2.75) is 70.0 Å². The molecule has 7 heteroatoms. The van der Waals surface area contributed by atoms with E-state index in [9.17, 15) is 14.3 Å². The number of carbonyl (C=O) groups excluding carboxylic acids is 1. The lowest BCUT2D eigenvalue weighted by Crippen LogP contribution is -2.53. The van der Waals surface area contributed by atoms with Gasteiger partial charge in [-0.25, -0.2) is 4.39 Å². The summed E-state index contributed by atoms with van der Waals surface area (Å²) < 4.78 is 20.2. The Morgan fingerprint density at radius 3 is 2.60 bits per heavy atom. The molecule has 42 heavy (non-hydrogen) atoms. The van der Waals surface area contributed by atoms with Crippen molar-refractivity contribution in [2.24, 2.45) is 0 Å². The normalized spacial score (nSPS) is 20.8. The number of rotatable bonds is 13. The molecule has 4 rings (SSSR count). The molecule has 0 spiro atoms. The van der Waals surface area contributed by atoms with Crippen LogP contribution in [0.4, 0.5) is 4.39 Å². The van der Waals surface area contributed by atoms with E-state index in [4.69, 9.17) is 10.00 Å². The van der Waals surface area contributed by atoms with Gasteiger partial charge in [-0.05, 0) is 85.6 Å². The van der Waals surface area contributed by atoms with Gasteiger partial charge in [-0.3, -0.25) is 4.79 Å². The van der Waals surface area contributed by atoms with E-state index in [1.165, 1.54) is 17.7 Å². The van der Waals surface area contributed by atoms with Gasteiger partial charge in [0.1, 0.15) is 17.7 Å². The van der Waals surface area contributed by atoms with Gasteiger partial charge in [-0.1, -0.05) is 48.9 Å². The highest BCUT2D eigenvalue weighted by molar-refractivity contribution is 5.74. The molecule has 1 saturated heterocycles. The van der Waals surface area contributed by atoms with Gasteiger partial charge in [0.25, 0.3) is 0 Å². The molecule has 1 heterocycles. The highest BCUT2D eigenvalue weighted by Crippen LogP contribution is 2.26. The third-order valence-electron chi connectivity index (χ3n) is 8.11. The van der Waals surface area contributed by atoms with Crippen molar-refractivity contribution in [2.75, 3.05) is 26.2 Å². The molecule has 0 saturated carbocycles. The van der Waals surface area contributed by atoms with Crippen LogP contribution in [0.1, 0.15) is 74.5 Å². The number of allylic oxidation sites excluding steroid dienone is 5. The van der Waals surface area contributed by atoms with Crippen LogP contribution in [0, 0.1) is 17.1 Å². The molecule has 2 unspecified atom stereocenters. The maximum Gasteiger partial charge on any atom is 0.219 e. The van der Waals surface area contributed by atoms with Gasteiger partial charge < -0.3 is 20.1 Å². The minimum Gasteiger partial charge on any atom is -0.487 e. The average molecular weight is 572 g/mol. The number of nitrogens with zero attached hydrogens (tertiary/aromatic N) is 2. The highest BCUT2D eigenvalue weighted by Gasteiger charge is 2.30. The molecule has 3 atom stereocenters. The Labute approximate surface area is 249 Å². The summed E-state index contributed by atoms with van der Waals surface area (Å²) in [6, 6.07) is 16.3. The number of hydrogen-bond acceptors (Lipinski definition) is 5. The quantitative estimate of drug-likeness (QED) is 0.303. The summed E-state index contributed by atoms with van der Waals surface area (Å²) in [5, 5.41) is 23.8. The van der Waals surface area contributed by atoms with Crippen molar-refractivity contribution in [3.05, 3.63) is 107 Å². The summed E-state index contributed by atoms with van der Waals surface area (Å²) in [5.41, 5.74) is 3.78. The lowest BCUT2D eigenvalue weighted by Gasteiger charge is -2.38. The molecule has 1 aliphatic heterocycles. The predicted molar refractivity (Wildman–Crippen MR) is 163 cm³/mol. The predicted octanol–water partition coefficient (Wildman–Crippen LogP) is 6.11. The van der Waals surface area contributed by atoms with Gasteiger partial charge in [0, 0.05) is 25.9 Å². The summed E-state index contributed by atoms with van der Waals surface area (Å²) in [5.74, 6) is 0.610. The lowest BCUT2D eigenvalue weighted by molar-refractivity contribution is -0.139. The first-order chi connectivity index (χ1) is 20.3. The second-order valence-corrected chi connectivity index (χ2v) is 11.4. The molecule has 6 nitrogen and oxygen atoms in total. The van der Waals surface area contributed by atoms with Crippen LogP contribution in [0.2, 0.25) is 0 Å². The maximum absolute atomic E-state index is 14.1. The van der Waals surface area contributed by atoms with Crippen LogP contribution in [0.5, 0.6) is 0 Å². The number of carbonyl (C=O) groups is 1. The molecule has 2 aliphatic rings. The number of halogens is 1. The molecule has 2 aromatic rings. The Kier molecular flexibility index (Phi) is 11.5. The highest BCUT2D eigenvalue weighted by atomic mass is 19.1. The standard InChI is InChI=1S/C35H42FN3O3/c1-25(29-16-13-28(20-37)14-17-29)21-38-22-34(30-9-6-10-31(36)19-30)35(41)12-5-8-27-7-3-4-11-32(18-15-27)42-33-23-39(24-33)26(2)40/h6-7,9-11,13-19,25,33-35,38,41H,3-5,8,12,21-24H2,1-2H3/b18-15-,27-7+,32-11+/t25?,34-,35?/m0/s1. The van der Waals surface area contributed by atoms with E-state index in [1.54, 1.807) is 17.9 Å². The number of aliphatic hydroxyl groups excluding tert-OH is 1. The first-order valence-corrected chi connectivity index (χ1v) is 15.0. The van der Waals surface area contributed by atoms with Gasteiger partial charge in [0.05, 0.1) is 30.8 Å². The van der Waals surface area contributed by atoms with Crippen LogP contribution < -0.4 is 5.32 Å². The van der Waals surface area contributed by atoms with E-state index in [-0.39, 0.29) is 29.7 Å². The topological polar surface area (TPSA) is 85.6 Å².